The number of rotatable bonds is 12. The quantitative estimate of drug-likeness (QED) is 0.195. The molecule has 3 heterocycles. The van der Waals surface area contributed by atoms with Gasteiger partial charge in [0, 0.05) is 89.0 Å². The van der Waals surface area contributed by atoms with Crippen LogP contribution in [0.15, 0.2) is 0 Å². The first kappa shape index (κ1) is 88.7. The predicted octanol–water partition coefficient (Wildman–Crippen LogP) is 4.52. The van der Waals surface area contributed by atoms with Crippen LogP contribution in [0, 0.1) is 40.9 Å². The molecule has 27 nitrogen and oxygen atoms in total. The van der Waals surface area contributed by atoms with Crippen molar-refractivity contribution in [2.24, 2.45) is 40.9 Å². The van der Waals surface area contributed by atoms with Crippen molar-refractivity contribution in [1.29, 1.82) is 0 Å². The van der Waals surface area contributed by atoms with E-state index in [4.69, 9.17) is 4.74 Å². The summed E-state index contributed by atoms with van der Waals surface area (Å²) in [6.45, 7) is 7.68. The molecular weight excluding hydrogens is 1450 g/mol. The lowest BCUT2D eigenvalue weighted by molar-refractivity contribution is -0.219. The molecule has 13 amide bonds. The molecule has 3 aliphatic heterocycles. The third kappa shape index (κ3) is 21.2. The van der Waals surface area contributed by atoms with Crippen LogP contribution in [0.5, 0.6) is 0 Å². The molecule has 616 valence electrons. The number of amides is 13. The first-order valence-corrected chi connectivity index (χ1v) is 38.4. The van der Waals surface area contributed by atoms with Crippen molar-refractivity contribution in [3.63, 3.8) is 0 Å². The third-order valence-corrected chi connectivity index (χ3v) is 23.9. The molecule has 0 aromatic rings. The van der Waals surface area contributed by atoms with Crippen molar-refractivity contribution in [2.75, 3.05) is 95.7 Å². The van der Waals surface area contributed by atoms with Gasteiger partial charge in [0.1, 0.15) is 72.1 Å². The van der Waals surface area contributed by atoms with Gasteiger partial charge in [0.05, 0.1) is 38.0 Å². The standard InChI is InChI=1S/C74H115F8N13O14/c1-15-41(4)60-68(106)89(10)38-58(99)91(12)52-34-55(96)83-28-29-94(67(52)105)54(32-42-22-25-45(26-23-42)73(77,78)79)66(104)88(9)37-56(97)84-49(27-24-43-30-47(75)59(48(76)31-43)74(80,81)82)64(102)95-36-46(109-17-3)33-51(95)63(101)86-72(39-71(5,6)40-72)70(108)93(14)61(44-20-18-19-21-44)69(107)92(13)53(65(103)87(7)8)35-57(98)90(11)50(16-2)62(100)85-60/h41-54,59-61H,15-40H2,1-14H3,(H,83,96)(H,84,97)(H,85,100)(H,86,101)/t41-,42?,43?,45?,46+,47?,48?,49-,50-,51-,52-,53-,54-,59?,60-,61-/m0/s1. The van der Waals surface area contributed by atoms with Crippen molar-refractivity contribution < 1.29 is 102 Å². The summed E-state index contributed by atoms with van der Waals surface area (Å²) in [5.74, 6) is -18.6. The number of carbonyl (C=O) groups is 13. The van der Waals surface area contributed by atoms with E-state index < -0.39 is 254 Å². The first-order valence-electron chi connectivity index (χ1n) is 38.4. The Balaban J connectivity index is 1.34. The van der Waals surface area contributed by atoms with E-state index >= 15 is 37.5 Å². The maximum absolute atomic E-state index is 15.7. The maximum atomic E-state index is 15.7. The summed E-state index contributed by atoms with van der Waals surface area (Å²) >= 11 is 0. The number of nitrogens with one attached hydrogen (secondary N) is 4. The summed E-state index contributed by atoms with van der Waals surface area (Å²) in [4.78, 5) is 204. The highest BCUT2D eigenvalue weighted by Gasteiger charge is 2.60. The Bertz CT molecular complexity index is 3300. The van der Waals surface area contributed by atoms with Gasteiger partial charge in [-0.05, 0) is 126 Å². The molecule has 1 spiro atoms. The van der Waals surface area contributed by atoms with Gasteiger partial charge in [0.25, 0.3) is 0 Å². The van der Waals surface area contributed by atoms with Gasteiger partial charge in [-0.1, -0.05) is 53.9 Å². The Hall–Kier alpha value is -7.49. The van der Waals surface area contributed by atoms with Crippen molar-refractivity contribution in [3.8, 4) is 0 Å². The molecule has 109 heavy (non-hydrogen) atoms. The fourth-order valence-electron chi connectivity index (χ4n) is 17.7. The molecule has 7 fully saturated rings. The van der Waals surface area contributed by atoms with Crippen LogP contribution < -0.4 is 21.3 Å². The molecule has 35 heteroatoms. The van der Waals surface area contributed by atoms with Crippen molar-refractivity contribution in [1.82, 2.24) is 65.4 Å². The van der Waals surface area contributed by atoms with Crippen LogP contribution in [0.2, 0.25) is 0 Å². The number of hydrogen-bond acceptors (Lipinski definition) is 14. The van der Waals surface area contributed by atoms with Crippen LogP contribution in [0.1, 0.15) is 170 Å². The van der Waals surface area contributed by atoms with Crippen LogP contribution >= 0.6 is 0 Å². The highest BCUT2D eigenvalue weighted by atomic mass is 19.4. The lowest BCUT2D eigenvalue weighted by Crippen LogP contribution is -2.71. The second kappa shape index (κ2) is 36.8. The monoisotopic (exact) mass is 1560 g/mol. The number of hydrogen-bond donors (Lipinski definition) is 4. The average molecular weight is 1560 g/mol. The van der Waals surface area contributed by atoms with Crippen LogP contribution in [0.4, 0.5) is 35.1 Å². The van der Waals surface area contributed by atoms with Crippen LogP contribution in [0.3, 0.4) is 0 Å². The minimum absolute atomic E-state index is 0.00391. The summed E-state index contributed by atoms with van der Waals surface area (Å²) in [7, 11) is 10.5. The van der Waals surface area contributed by atoms with Gasteiger partial charge in [0.15, 0.2) is 0 Å². The number of fused-ring (bicyclic) bond motifs is 3. The van der Waals surface area contributed by atoms with E-state index in [1.807, 2.05) is 13.8 Å². The van der Waals surface area contributed by atoms with Gasteiger partial charge >= 0.3 is 12.4 Å². The zero-order valence-corrected chi connectivity index (χ0v) is 65.5. The Morgan fingerprint density at radius 1 is 0.624 bits per heavy atom. The Kier molecular flexibility index (Phi) is 29.9. The summed E-state index contributed by atoms with van der Waals surface area (Å²) in [6.07, 6.45) is -18.7. The van der Waals surface area contributed by atoms with E-state index in [9.17, 15) is 59.9 Å². The highest BCUT2D eigenvalue weighted by molar-refractivity contribution is 6.01. The van der Waals surface area contributed by atoms with Gasteiger partial charge in [0.2, 0.25) is 76.8 Å². The van der Waals surface area contributed by atoms with Crippen molar-refractivity contribution in [2.45, 2.75) is 255 Å². The SMILES string of the molecule is CCO[C@@H]1C[C@H]2C(=O)NC3(CC(C)(C)C3)C(=O)N(C)[C@@H](C3CCCC3)C(=O)N(C)[C@H](C(=O)N(C)C)CC(=O)N(C)[C@@H](CC)C(=O)N[C@@H]([C@@H](C)CC)C(=O)N(C)CC(=O)N(C)[C@H]3CC(=O)NCCN(C3=O)[C@@H](CC3CCC(C(F)(F)F)CC3)C(=O)N(C)CC(=O)N[C@@H](CCC3CC(F)C(C(F)(F)F)C(F)C3)C(=O)N2C1. The Morgan fingerprint density at radius 3 is 1.78 bits per heavy atom. The summed E-state index contributed by atoms with van der Waals surface area (Å²) < 4.78 is 121. The van der Waals surface area contributed by atoms with Gasteiger partial charge in [-0.25, -0.2) is 8.78 Å². The fraction of sp³-hybridized carbons (Fsp3) is 0.824. The smallest absolute Gasteiger partial charge is 0.377 e. The molecular formula is C74H115F8N13O14. The number of ether oxygens (including phenoxy) is 1. The zero-order valence-electron chi connectivity index (χ0n) is 65.5. The molecule has 0 aromatic carbocycles. The molecule has 7 aliphatic rings. The molecule has 0 aromatic heterocycles. The van der Waals surface area contributed by atoms with Crippen LogP contribution in [0.25, 0.3) is 0 Å². The molecule has 4 aliphatic carbocycles. The molecule has 12 atom stereocenters. The predicted molar refractivity (Wildman–Crippen MR) is 380 cm³/mol. The molecule has 2 unspecified atom stereocenters. The second-order valence-electron chi connectivity index (χ2n) is 32.7. The lowest BCUT2D eigenvalue weighted by atomic mass is 9.58. The lowest BCUT2D eigenvalue weighted by Gasteiger charge is -2.54. The van der Waals surface area contributed by atoms with Gasteiger partial charge in [-0.15, -0.1) is 0 Å². The van der Waals surface area contributed by atoms with Gasteiger partial charge < -0.3 is 70.1 Å². The molecule has 3 saturated heterocycles. The largest absolute Gasteiger partial charge is 0.397 e. The average Bonchev–Trinajstić information content (AvgIpc) is 1.65. The van der Waals surface area contributed by atoms with Crippen molar-refractivity contribution in [3.05, 3.63) is 0 Å². The van der Waals surface area contributed by atoms with E-state index in [2.05, 4.69) is 21.3 Å². The Labute approximate surface area is 633 Å². The Morgan fingerprint density at radius 2 is 1.23 bits per heavy atom. The minimum Gasteiger partial charge on any atom is -0.377 e. The number of halogens is 8. The number of likely N-dealkylation sites (N-methyl/N-ethyl adjacent to an activating group) is 7. The van der Waals surface area contributed by atoms with Crippen LogP contribution in [-0.4, -0.2) is 301 Å². The fourth-order valence-corrected chi connectivity index (χ4v) is 17.7. The number of nitrogens with zero attached hydrogens (tertiary/aromatic N) is 9. The van der Waals surface area contributed by atoms with E-state index in [1.165, 1.54) is 59.1 Å². The maximum Gasteiger partial charge on any atom is 0.397 e. The molecule has 7 rings (SSSR count). The summed E-state index contributed by atoms with van der Waals surface area (Å²) in [6, 6.07) is -12.1. The molecule has 2 bridgehead atoms. The number of alkyl halides is 8. The molecule has 4 N–H and O–H groups in total. The normalized spacial score (nSPS) is 32.0. The van der Waals surface area contributed by atoms with Gasteiger partial charge in [-0.2, -0.15) is 26.3 Å². The first-order chi connectivity index (χ1) is 50.8. The highest BCUT2D eigenvalue weighted by Crippen LogP contribution is 2.50. The third-order valence-electron chi connectivity index (χ3n) is 23.9. The van der Waals surface area contributed by atoms with E-state index in [0.29, 0.717) is 32.1 Å². The van der Waals surface area contributed by atoms with E-state index in [0.717, 1.165) is 41.3 Å². The van der Waals surface area contributed by atoms with Gasteiger partial charge in [-0.3, -0.25) is 62.3 Å². The topological polar surface area (TPSA) is 308 Å². The summed E-state index contributed by atoms with van der Waals surface area (Å²) in [5.41, 5.74) is -2.40. The van der Waals surface area contributed by atoms with E-state index in [-0.39, 0.29) is 83.9 Å². The molecule has 4 saturated carbocycles. The minimum atomic E-state index is -5.24. The summed E-state index contributed by atoms with van der Waals surface area (Å²) in [5, 5.41) is 11.0. The van der Waals surface area contributed by atoms with Crippen molar-refractivity contribution >= 4 is 76.8 Å². The van der Waals surface area contributed by atoms with E-state index in [1.54, 1.807) is 27.7 Å². The number of carbonyl (C=O) groups excluding carboxylic acids is 13. The second-order valence-corrected chi connectivity index (χ2v) is 32.7. The zero-order chi connectivity index (χ0) is 81.4. The molecule has 0 radical (unpaired) electrons. The van der Waals surface area contributed by atoms with Crippen LogP contribution in [-0.2, 0) is 67.1 Å².